The molecular formula is C17H24N2O5S. The average molecular weight is 368 g/mol. The van der Waals surface area contributed by atoms with Crippen molar-refractivity contribution in [2.24, 2.45) is 5.92 Å². The number of carbonyl (C=O) groups is 2. The molecule has 0 bridgehead atoms. The maximum Gasteiger partial charge on any atom is 0.335 e. The monoisotopic (exact) mass is 368 g/mol. The van der Waals surface area contributed by atoms with Crippen molar-refractivity contribution < 1.29 is 23.1 Å². The summed E-state index contributed by atoms with van der Waals surface area (Å²) in [6.45, 7) is 1.43. The van der Waals surface area contributed by atoms with E-state index in [0.29, 0.717) is 24.6 Å². The van der Waals surface area contributed by atoms with Gasteiger partial charge in [-0.05, 0) is 42.9 Å². The molecule has 138 valence electrons. The number of hydrogen-bond acceptors (Lipinski definition) is 4. The van der Waals surface area contributed by atoms with Crippen molar-refractivity contribution in [3.63, 3.8) is 0 Å². The predicted octanol–water partition coefficient (Wildman–Crippen LogP) is 1.11. The van der Waals surface area contributed by atoms with E-state index in [1.54, 1.807) is 23.1 Å². The molecule has 1 aromatic rings. The maximum absolute atomic E-state index is 12.1. The molecule has 8 heteroatoms. The number of piperidine rings is 1. The van der Waals surface area contributed by atoms with Gasteiger partial charge >= 0.3 is 5.97 Å². The molecule has 1 aliphatic heterocycles. The Balaban J connectivity index is 1.78. The van der Waals surface area contributed by atoms with Crippen LogP contribution >= 0.6 is 0 Å². The maximum atomic E-state index is 12.1. The standard InChI is InChI=1S/C17H24N2O5S/c1-25(23,24)18-8-5-16(20)19-9-6-13(7-10-19)11-14-3-2-4-15(12-14)17(21)22/h2-4,12-13,18H,5-11H2,1H3,(H,21,22). The summed E-state index contributed by atoms with van der Waals surface area (Å²) in [4.78, 5) is 24.9. The van der Waals surface area contributed by atoms with Gasteiger partial charge in [-0.1, -0.05) is 12.1 Å². The lowest BCUT2D eigenvalue weighted by molar-refractivity contribution is -0.132. The molecule has 0 atom stereocenters. The number of benzene rings is 1. The number of hydrogen-bond donors (Lipinski definition) is 2. The highest BCUT2D eigenvalue weighted by Crippen LogP contribution is 2.22. The van der Waals surface area contributed by atoms with Crippen LogP contribution in [0.1, 0.15) is 35.2 Å². The molecular weight excluding hydrogens is 344 g/mol. The molecule has 0 radical (unpaired) electrons. The third-order valence-corrected chi connectivity index (χ3v) is 5.10. The summed E-state index contributed by atoms with van der Waals surface area (Å²) in [6.07, 6.45) is 3.77. The molecule has 1 aromatic carbocycles. The van der Waals surface area contributed by atoms with Crippen LogP contribution < -0.4 is 4.72 Å². The van der Waals surface area contributed by atoms with Crippen molar-refractivity contribution in [1.82, 2.24) is 9.62 Å². The Labute approximate surface area is 148 Å². The van der Waals surface area contributed by atoms with Crippen LogP contribution in [-0.4, -0.2) is 56.2 Å². The summed E-state index contributed by atoms with van der Waals surface area (Å²) in [7, 11) is -3.27. The van der Waals surface area contributed by atoms with E-state index in [0.717, 1.165) is 31.1 Å². The second-order valence-electron chi connectivity index (χ2n) is 6.45. The number of amides is 1. The van der Waals surface area contributed by atoms with E-state index in [1.165, 1.54) is 0 Å². The summed E-state index contributed by atoms with van der Waals surface area (Å²) >= 11 is 0. The molecule has 0 unspecified atom stereocenters. The fraction of sp³-hybridized carbons (Fsp3) is 0.529. The van der Waals surface area contributed by atoms with Gasteiger partial charge in [-0.2, -0.15) is 0 Å². The van der Waals surface area contributed by atoms with Crippen LogP contribution in [0.15, 0.2) is 24.3 Å². The van der Waals surface area contributed by atoms with Crippen molar-refractivity contribution in [2.75, 3.05) is 25.9 Å². The minimum Gasteiger partial charge on any atom is -0.478 e. The first kappa shape index (κ1) is 19.4. The van der Waals surface area contributed by atoms with Gasteiger partial charge in [-0.25, -0.2) is 17.9 Å². The Morgan fingerprint density at radius 1 is 1.28 bits per heavy atom. The normalized spacial score (nSPS) is 16.0. The molecule has 1 fully saturated rings. The number of carboxylic acid groups (broad SMARTS) is 1. The van der Waals surface area contributed by atoms with Crippen LogP contribution in [-0.2, 0) is 21.2 Å². The Hall–Kier alpha value is -1.93. The van der Waals surface area contributed by atoms with Crippen LogP contribution in [0.25, 0.3) is 0 Å². The van der Waals surface area contributed by atoms with Crippen LogP contribution in [0.3, 0.4) is 0 Å². The number of likely N-dealkylation sites (tertiary alicyclic amines) is 1. The molecule has 0 aromatic heterocycles. The Kier molecular flexibility index (Phi) is 6.55. The number of nitrogens with one attached hydrogen (secondary N) is 1. The van der Waals surface area contributed by atoms with Crippen molar-refractivity contribution in [3.05, 3.63) is 35.4 Å². The second kappa shape index (κ2) is 8.44. The molecule has 0 spiro atoms. The van der Waals surface area contributed by atoms with E-state index in [9.17, 15) is 18.0 Å². The topological polar surface area (TPSA) is 104 Å². The SMILES string of the molecule is CS(=O)(=O)NCCC(=O)N1CCC(Cc2cccc(C(=O)O)c2)CC1. The van der Waals surface area contributed by atoms with Gasteiger partial charge in [0.05, 0.1) is 11.8 Å². The zero-order valence-electron chi connectivity index (χ0n) is 14.3. The van der Waals surface area contributed by atoms with Gasteiger partial charge in [-0.15, -0.1) is 0 Å². The summed E-state index contributed by atoms with van der Waals surface area (Å²) in [6, 6.07) is 6.97. The minimum absolute atomic E-state index is 0.0394. The van der Waals surface area contributed by atoms with Crippen LogP contribution in [0, 0.1) is 5.92 Å². The molecule has 7 nitrogen and oxygen atoms in total. The van der Waals surface area contributed by atoms with E-state index in [2.05, 4.69) is 4.72 Å². The average Bonchev–Trinajstić information content (AvgIpc) is 2.54. The van der Waals surface area contributed by atoms with Crippen LogP contribution in [0.5, 0.6) is 0 Å². The number of carboxylic acids is 1. The zero-order valence-corrected chi connectivity index (χ0v) is 15.1. The molecule has 1 heterocycles. The first-order chi connectivity index (χ1) is 11.7. The van der Waals surface area contributed by atoms with Crippen molar-refractivity contribution in [1.29, 1.82) is 0 Å². The smallest absolute Gasteiger partial charge is 0.335 e. The van der Waals surface area contributed by atoms with Gasteiger partial charge in [0, 0.05) is 26.1 Å². The third kappa shape index (κ3) is 6.47. The van der Waals surface area contributed by atoms with Gasteiger partial charge in [0.1, 0.15) is 0 Å². The first-order valence-corrected chi connectivity index (χ1v) is 10.2. The van der Waals surface area contributed by atoms with Crippen molar-refractivity contribution in [2.45, 2.75) is 25.7 Å². The highest BCUT2D eigenvalue weighted by Gasteiger charge is 2.23. The van der Waals surface area contributed by atoms with Gasteiger partial charge < -0.3 is 10.0 Å². The summed E-state index contributed by atoms with van der Waals surface area (Å²) in [5, 5.41) is 9.05. The highest BCUT2D eigenvalue weighted by atomic mass is 32.2. The van der Waals surface area contributed by atoms with Gasteiger partial charge in [0.2, 0.25) is 15.9 Å². The Bertz CT molecular complexity index is 724. The van der Waals surface area contributed by atoms with E-state index in [-0.39, 0.29) is 18.9 Å². The molecule has 1 amide bonds. The van der Waals surface area contributed by atoms with Gasteiger partial charge in [-0.3, -0.25) is 4.79 Å². The summed E-state index contributed by atoms with van der Waals surface area (Å²) in [5.41, 5.74) is 1.30. The zero-order chi connectivity index (χ0) is 18.4. The molecule has 2 N–H and O–H groups in total. The first-order valence-electron chi connectivity index (χ1n) is 8.29. The predicted molar refractivity (Wildman–Crippen MR) is 93.9 cm³/mol. The fourth-order valence-corrected chi connectivity index (χ4v) is 3.53. The highest BCUT2D eigenvalue weighted by molar-refractivity contribution is 7.88. The van der Waals surface area contributed by atoms with E-state index in [1.807, 2.05) is 6.07 Å². The minimum atomic E-state index is -3.27. The summed E-state index contributed by atoms with van der Waals surface area (Å²) in [5.74, 6) is -0.547. The molecule has 1 aliphatic rings. The van der Waals surface area contributed by atoms with Gasteiger partial charge in [0.25, 0.3) is 0 Å². The third-order valence-electron chi connectivity index (χ3n) is 4.37. The number of nitrogens with zero attached hydrogens (tertiary/aromatic N) is 1. The quantitative estimate of drug-likeness (QED) is 0.750. The van der Waals surface area contributed by atoms with Crippen LogP contribution in [0.2, 0.25) is 0 Å². The van der Waals surface area contributed by atoms with E-state index >= 15 is 0 Å². The summed E-state index contributed by atoms with van der Waals surface area (Å²) < 4.78 is 24.3. The second-order valence-corrected chi connectivity index (χ2v) is 8.28. The Morgan fingerprint density at radius 2 is 1.96 bits per heavy atom. The number of aromatic carboxylic acids is 1. The lowest BCUT2D eigenvalue weighted by atomic mass is 9.89. The van der Waals surface area contributed by atoms with E-state index in [4.69, 9.17) is 5.11 Å². The number of rotatable bonds is 7. The number of carbonyl (C=O) groups excluding carboxylic acids is 1. The van der Waals surface area contributed by atoms with Gasteiger partial charge in [0.15, 0.2) is 0 Å². The van der Waals surface area contributed by atoms with Crippen LogP contribution in [0.4, 0.5) is 0 Å². The van der Waals surface area contributed by atoms with E-state index < -0.39 is 16.0 Å². The molecule has 0 aliphatic carbocycles. The van der Waals surface area contributed by atoms with Crippen molar-refractivity contribution in [3.8, 4) is 0 Å². The fourth-order valence-electron chi connectivity index (χ4n) is 3.05. The Morgan fingerprint density at radius 3 is 2.56 bits per heavy atom. The number of sulfonamides is 1. The lowest BCUT2D eigenvalue weighted by Crippen LogP contribution is -2.40. The molecule has 1 saturated heterocycles. The largest absolute Gasteiger partial charge is 0.478 e. The molecule has 0 saturated carbocycles. The lowest BCUT2D eigenvalue weighted by Gasteiger charge is -2.32. The van der Waals surface area contributed by atoms with Crippen molar-refractivity contribution >= 4 is 21.9 Å². The molecule has 2 rings (SSSR count). The molecule has 25 heavy (non-hydrogen) atoms.